The smallest absolute Gasteiger partial charge is 0.328 e. The number of rotatable bonds is 4. The second-order valence-corrected chi connectivity index (χ2v) is 5.84. The maximum Gasteiger partial charge on any atom is 0.328 e. The highest BCUT2D eigenvalue weighted by Crippen LogP contribution is 2.22. The molecule has 1 heterocycles. The first kappa shape index (κ1) is 15.8. The third-order valence-electron chi connectivity index (χ3n) is 3.48. The van der Waals surface area contributed by atoms with Crippen LogP contribution in [0.3, 0.4) is 0 Å². The van der Waals surface area contributed by atoms with Crippen molar-refractivity contribution in [2.24, 2.45) is 0 Å². The molecule has 0 N–H and O–H groups in total. The first-order chi connectivity index (χ1) is 10.0. The van der Waals surface area contributed by atoms with Crippen LogP contribution in [-0.2, 0) is 14.3 Å². The average Bonchev–Trinajstić information content (AvgIpc) is 2.97. The van der Waals surface area contributed by atoms with E-state index in [9.17, 15) is 9.59 Å². The minimum atomic E-state index is -0.642. The molecule has 2 rings (SSSR count). The second kappa shape index (κ2) is 6.93. The van der Waals surface area contributed by atoms with E-state index in [-0.39, 0.29) is 11.9 Å². The van der Waals surface area contributed by atoms with Crippen molar-refractivity contribution in [3.8, 4) is 5.75 Å². The first-order valence-electron chi connectivity index (χ1n) is 6.83. The van der Waals surface area contributed by atoms with Crippen LogP contribution in [0.4, 0.5) is 0 Å². The Morgan fingerprint density at radius 1 is 1.33 bits per heavy atom. The zero-order valence-electron chi connectivity index (χ0n) is 12.0. The number of methoxy groups -OCH3 is 1. The van der Waals surface area contributed by atoms with Crippen molar-refractivity contribution >= 4 is 27.8 Å². The van der Waals surface area contributed by atoms with Crippen LogP contribution in [0.5, 0.6) is 5.75 Å². The maximum atomic E-state index is 12.4. The molecule has 1 amide bonds. The summed E-state index contributed by atoms with van der Waals surface area (Å²) >= 11 is 3.34. The molecule has 1 fully saturated rings. The second-order valence-electron chi connectivity index (χ2n) is 4.93. The predicted octanol–water partition coefficient (Wildman–Crippen LogP) is 2.38. The normalized spacial score (nSPS) is 19.2. The third kappa shape index (κ3) is 3.75. The molecule has 2 unspecified atom stereocenters. The Balaban J connectivity index is 2.01. The molecule has 21 heavy (non-hydrogen) atoms. The number of amides is 1. The van der Waals surface area contributed by atoms with Gasteiger partial charge in [-0.15, -0.1) is 0 Å². The number of hydrogen-bond donors (Lipinski definition) is 0. The lowest BCUT2D eigenvalue weighted by molar-refractivity contribution is -0.153. The number of hydrogen-bond acceptors (Lipinski definition) is 4. The van der Waals surface area contributed by atoms with Gasteiger partial charge in [0, 0.05) is 11.0 Å². The number of benzene rings is 1. The molecule has 1 aromatic carbocycles. The molecule has 0 spiro atoms. The molecule has 0 bridgehead atoms. The molecule has 5 nitrogen and oxygen atoms in total. The van der Waals surface area contributed by atoms with Crippen molar-refractivity contribution in [1.82, 2.24) is 4.90 Å². The fraction of sp³-hybridized carbons (Fsp3) is 0.467. The van der Waals surface area contributed by atoms with Gasteiger partial charge in [0.1, 0.15) is 11.8 Å². The van der Waals surface area contributed by atoms with Gasteiger partial charge in [-0.1, -0.05) is 15.9 Å². The topological polar surface area (TPSA) is 55.8 Å². The Morgan fingerprint density at radius 2 is 2.00 bits per heavy atom. The molecule has 1 aromatic rings. The molecule has 6 heteroatoms. The third-order valence-corrected chi connectivity index (χ3v) is 4.01. The molecular weight excluding hydrogens is 338 g/mol. The fourth-order valence-electron chi connectivity index (χ4n) is 2.41. The SMILES string of the molecule is COC(=O)C1CCCN1C(=O)C(C)Oc1ccc(Br)cc1. The summed E-state index contributed by atoms with van der Waals surface area (Å²) in [7, 11) is 1.34. The zero-order chi connectivity index (χ0) is 15.4. The van der Waals surface area contributed by atoms with E-state index >= 15 is 0 Å². The maximum absolute atomic E-state index is 12.4. The van der Waals surface area contributed by atoms with Gasteiger partial charge in [0.05, 0.1) is 7.11 Å². The van der Waals surface area contributed by atoms with Gasteiger partial charge in [0.15, 0.2) is 6.10 Å². The Hall–Kier alpha value is -1.56. The Morgan fingerprint density at radius 3 is 2.62 bits per heavy atom. The molecule has 1 aliphatic rings. The van der Waals surface area contributed by atoms with Gasteiger partial charge in [-0.2, -0.15) is 0 Å². The zero-order valence-corrected chi connectivity index (χ0v) is 13.6. The van der Waals surface area contributed by atoms with E-state index in [2.05, 4.69) is 15.9 Å². The van der Waals surface area contributed by atoms with Crippen LogP contribution in [0.15, 0.2) is 28.7 Å². The molecule has 0 saturated carbocycles. The summed E-state index contributed by atoms with van der Waals surface area (Å²) in [6, 6.07) is 6.78. The standard InChI is InChI=1S/C15H18BrNO4/c1-10(21-12-7-5-11(16)6-8-12)14(18)17-9-3-4-13(17)15(19)20-2/h5-8,10,13H,3-4,9H2,1-2H3. The lowest BCUT2D eigenvalue weighted by Gasteiger charge is -2.26. The van der Waals surface area contributed by atoms with Crippen molar-refractivity contribution in [3.05, 3.63) is 28.7 Å². The number of carbonyl (C=O) groups is 2. The van der Waals surface area contributed by atoms with Crippen LogP contribution in [0.25, 0.3) is 0 Å². The lowest BCUT2D eigenvalue weighted by atomic mass is 10.2. The number of carbonyl (C=O) groups excluding carboxylic acids is 2. The van der Waals surface area contributed by atoms with Gasteiger partial charge in [0.2, 0.25) is 0 Å². The van der Waals surface area contributed by atoms with E-state index < -0.39 is 12.1 Å². The molecule has 2 atom stereocenters. The summed E-state index contributed by atoms with van der Waals surface area (Å²) in [5, 5.41) is 0. The molecular formula is C15H18BrNO4. The number of nitrogens with zero attached hydrogens (tertiary/aromatic N) is 1. The van der Waals surface area contributed by atoms with Gasteiger partial charge < -0.3 is 14.4 Å². The van der Waals surface area contributed by atoms with Crippen molar-refractivity contribution in [2.45, 2.75) is 31.9 Å². The summed E-state index contributed by atoms with van der Waals surface area (Å²) in [4.78, 5) is 25.7. The number of halogens is 1. The predicted molar refractivity (Wildman–Crippen MR) is 81.0 cm³/mol. The van der Waals surface area contributed by atoms with E-state index in [1.54, 1.807) is 24.0 Å². The molecule has 0 radical (unpaired) electrons. The Kier molecular flexibility index (Phi) is 5.22. The Labute approximate surface area is 132 Å². The van der Waals surface area contributed by atoms with Gasteiger partial charge in [-0.05, 0) is 44.0 Å². The quantitative estimate of drug-likeness (QED) is 0.778. The highest BCUT2D eigenvalue weighted by atomic mass is 79.9. The summed E-state index contributed by atoms with van der Waals surface area (Å²) in [6.07, 6.45) is 0.802. The van der Waals surface area contributed by atoms with Crippen LogP contribution in [0.2, 0.25) is 0 Å². The van der Waals surface area contributed by atoms with Gasteiger partial charge in [-0.3, -0.25) is 4.79 Å². The largest absolute Gasteiger partial charge is 0.481 e. The first-order valence-corrected chi connectivity index (χ1v) is 7.62. The van der Waals surface area contributed by atoms with Crippen molar-refractivity contribution in [1.29, 1.82) is 0 Å². The van der Waals surface area contributed by atoms with Crippen LogP contribution in [0, 0.1) is 0 Å². The highest BCUT2D eigenvalue weighted by molar-refractivity contribution is 9.10. The van der Waals surface area contributed by atoms with E-state index in [4.69, 9.17) is 9.47 Å². The van der Waals surface area contributed by atoms with Gasteiger partial charge in [0.25, 0.3) is 5.91 Å². The minimum Gasteiger partial charge on any atom is -0.481 e. The van der Waals surface area contributed by atoms with Crippen molar-refractivity contribution in [3.63, 3.8) is 0 Å². The van der Waals surface area contributed by atoms with Gasteiger partial charge in [-0.25, -0.2) is 4.79 Å². The fourth-order valence-corrected chi connectivity index (χ4v) is 2.68. The molecule has 0 aliphatic carbocycles. The van der Waals surface area contributed by atoms with Crippen LogP contribution in [-0.4, -0.2) is 42.6 Å². The van der Waals surface area contributed by atoms with E-state index in [1.165, 1.54) is 7.11 Å². The summed E-state index contributed by atoms with van der Waals surface area (Å²) in [6.45, 7) is 2.25. The summed E-state index contributed by atoms with van der Waals surface area (Å²) in [5.74, 6) is 0.0652. The summed E-state index contributed by atoms with van der Waals surface area (Å²) in [5.41, 5.74) is 0. The van der Waals surface area contributed by atoms with Crippen LogP contribution in [0.1, 0.15) is 19.8 Å². The number of ether oxygens (including phenoxy) is 2. The van der Waals surface area contributed by atoms with Crippen LogP contribution < -0.4 is 4.74 Å². The summed E-state index contributed by atoms with van der Waals surface area (Å²) < 4.78 is 11.3. The van der Waals surface area contributed by atoms with Crippen molar-refractivity contribution in [2.75, 3.05) is 13.7 Å². The molecule has 1 saturated heterocycles. The molecule has 114 valence electrons. The van der Waals surface area contributed by atoms with E-state index in [0.29, 0.717) is 18.7 Å². The number of likely N-dealkylation sites (tertiary alicyclic amines) is 1. The van der Waals surface area contributed by atoms with Gasteiger partial charge >= 0.3 is 5.97 Å². The Bertz CT molecular complexity index is 517. The molecule has 1 aliphatic heterocycles. The monoisotopic (exact) mass is 355 g/mol. The van der Waals surface area contributed by atoms with E-state index in [0.717, 1.165) is 10.9 Å². The minimum absolute atomic E-state index is 0.189. The number of esters is 1. The lowest BCUT2D eigenvalue weighted by Crippen LogP contribution is -2.46. The van der Waals surface area contributed by atoms with Crippen molar-refractivity contribution < 1.29 is 19.1 Å². The average molecular weight is 356 g/mol. The molecule has 0 aromatic heterocycles. The van der Waals surface area contributed by atoms with Crippen LogP contribution >= 0.6 is 15.9 Å². The van der Waals surface area contributed by atoms with E-state index in [1.807, 2.05) is 12.1 Å². The highest BCUT2D eigenvalue weighted by Gasteiger charge is 2.37.